The number of rotatable bonds is 5. The van der Waals surface area contributed by atoms with Gasteiger partial charge < -0.3 is 20.5 Å². The Morgan fingerprint density at radius 3 is 3.00 bits per heavy atom. The summed E-state index contributed by atoms with van der Waals surface area (Å²) in [6, 6.07) is 2.74. The van der Waals surface area contributed by atoms with Crippen LogP contribution in [0.3, 0.4) is 0 Å². The number of carbonyl (C=O) groups is 1. The molecule has 0 saturated heterocycles. The van der Waals surface area contributed by atoms with Gasteiger partial charge in [0.2, 0.25) is 5.88 Å². The zero-order valence-corrected chi connectivity index (χ0v) is 9.93. The maximum Gasteiger partial charge on any atom is 0.319 e. The van der Waals surface area contributed by atoms with Gasteiger partial charge in [0.15, 0.2) is 0 Å². The number of carbonyl (C=O) groups excluding carboxylic acids is 1. The zero-order chi connectivity index (χ0) is 12.7. The zero-order valence-electron chi connectivity index (χ0n) is 9.93. The van der Waals surface area contributed by atoms with Crippen molar-refractivity contribution < 1.29 is 14.6 Å². The third-order valence-corrected chi connectivity index (χ3v) is 2.26. The van der Waals surface area contributed by atoms with Gasteiger partial charge in [0, 0.05) is 6.20 Å². The smallest absolute Gasteiger partial charge is 0.319 e. The number of hydrogen-bond donors (Lipinski definition) is 3. The summed E-state index contributed by atoms with van der Waals surface area (Å²) in [4.78, 5) is 15.5. The molecule has 0 radical (unpaired) electrons. The van der Waals surface area contributed by atoms with Crippen LogP contribution in [0, 0.1) is 0 Å². The van der Waals surface area contributed by atoms with E-state index in [0.29, 0.717) is 18.0 Å². The molecule has 94 valence electrons. The highest BCUT2D eigenvalue weighted by Crippen LogP contribution is 2.19. The summed E-state index contributed by atoms with van der Waals surface area (Å²) in [6.07, 6.45) is 2.23. The maximum atomic E-state index is 11.6. The van der Waals surface area contributed by atoms with Crippen molar-refractivity contribution in [1.29, 1.82) is 0 Å². The van der Waals surface area contributed by atoms with Gasteiger partial charge in [-0.15, -0.1) is 0 Å². The van der Waals surface area contributed by atoms with Gasteiger partial charge in [-0.1, -0.05) is 6.92 Å². The Kier molecular flexibility index (Phi) is 5.22. The number of aliphatic hydroxyl groups excluding tert-OH is 1. The number of pyridine rings is 1. The topological polar surface area (TPSA) is 83.5 Å². The lowest BCUT2D eigenvalue weighted by Gasteiger charge is -2.15. The molecule has 0 aliphatic heterocycles. The highest BCUT2D eigenvalue weighted by Gasteiger charge is 2.11. The Bertz CT molecular complexity index is 367. The Balaban J connectivity index is 2.61. The van der Waals surface area contributed by atoms with E-state index in [1.54, 1.807) is 18.3 Å². The molecule has 1 rings (SSSR count). The summed E-state index contributed by atoms with van der Waals surface area (Å²) >= 11 is 0. The molecule has 0 spiro atoms. The third kappa shape index (κ3) is 3.92. The number of amides is 2. The number of anilines is 1. The van der Waals surface area contributed by atoms with E-state index in [1.807, 2.05) is 6.92 Å². The molecule has 6 nitrogen and oxygen atoms in total. The van der Waals surface area contributed by atoms with Crippen LogP contribution in [0.15, 0.2) is 18.3 Å². The van der Waals surface area contributed by atoms with Crippen molar-refractivity contribution in [2.75, 3.05) is 19.0 Å². The largest absolute Gasteiger partial charge is 0.480 e. The van der Waals surface area contributed by atoms with Gasteiger partial charge in [-0.25, -0.2) is 9.78 Å². The lowest BCUT2D eigenvalue weighted by atomic mass is 10.2. The number of ether oxygens (including phenoxy) is 1. The summed E-state index contributed by atoms with van der Waals surface area (Å²) in [5, 5.41) is 14.2. The van der Waals surface area contributed by atoms with E-state index in [-0.39, 0.29) is 12.6 Å². The van der Waals surface area contributed by atoms with E-state index < -0.39 is 6.03 Å². The van der Waals surface area contributed by atoms with Gasteiger partial charge in [-0.3, -0.25) is 0 Å². The monoisotopic (exact) mass is 239 g/mol. The average Bonchev–Trinajstić information content (AvgIpc) is 2.36. The fraction of sp³-hybridized carbons (Fsp3) is 0.455. The highest BCUT2D eigenvalue weighted by atomic mass is 16.5. The molecular formula is C11H17N3O3. The number of aliphatic hydroxyl groups is 1. The van der Waals surface area contributed by atoms with Gasteiger partial charge in [-0.2, -0.15) is 0 Å². The molecule has 0 saturated carbocycles. The van der Waals surface area contributed by atoms with Crippen molar-refractivity contribution in [3.63, 3.8) is 0 Å². The molecule has 17 heavy (non-hydrogen) atoms. The van der Waals surface area contributed by atoms with Crippen molar-refractivity contribution in [3.05, 3.63) is 18.3 Å². The number of nitrogens with one attached hydrogen (secondary N) is 2. The van der Waals surface area contributed by atoms with Gasteiger partial charge in [0.25, 0.3) is 0 Å². The first-order valence-corrected chi connectivity index (χ1v) is 5.38. The first kappa shape index (κ1) is 13.2. The molecule has 0 aliphatic carbocycles. The molecule has 1 aromatic heterocycles. The van der Waals surface area contributed by atoms with Crippen LogP contribution in [0.2, 0.25) is 0 Å². The molecule has 0 aromatic carbocycles. The van der Waals surface area contributed by atoms with E-state index >= 15 is 0 Å². The van der Waals surface area contributed by atoms with E-state index in [9.17, 15) is 4.79 Å². The van der Waals surface area contributed by atoms with Crippen molar-refractivity contribution in [1.82, 2.24) is 10.3 Å². The summed E-state index contributed by atoms with van der Waals surface area (Å²) in [5.41, 5.74) is 0.486. The molecule has 2 amide bonds. The molecular weight excluding hydrogens is 222 g/mol. The maximum absolute atomic E-state index is 11.6. The van der Waals surface area contributed by atoms with E-state index in [2.05, 4.69) is 15.6 Å². The fourth-order valence-electron chi connectivity index (χ4n) is 1.27. The highest BCUT2D eigenvalue weighted by molar-refractivity contribution is 5.90. The van der Waals surface area contributed by atoms with Crippen molar-refractivity contribution >= 4 is 11.7 Å². The van der Waals surface area contributed by atoms with Crippen LogP contribution in [0.1, 0.15) is 13.3 Å². The molecule has 0 fully saturated rings. The molecule has 1 atom stereocenters. The van der Waals surface area contributed by atoms with Crippen LogP contribution in [-0.2, 0) is 0 Å². The minimum absolute atomic E-state index is 0.0892. The first-order chi connectivity index (χ1) is 8.21. The predicted molar refractivity (Wildman–Crippen MR) is 64.1 cm³/mol. The molecule has 1 unspecified atom stereocenters. The van der Waals surface area contributed by atoms with Crippen molar-refractivity contribution in [2.45, 2.75) is 19.4 Å². The van der Waals surface area contributed by atoms with E-state index in [4.69, 9.17) is 9.84 Å². The Morgan fingerprint density at radius 2 is 2.41 bits per heavy atom. The van der Waals surface area contributed by atoms with Gasteiger partial charge in [0.1, 0.15) is 5.69 Å². The lowest BCUT2D eigenvalue weighted by molar-refractivity contribution is 0.222. The first-order valence-electron chi connectivity index (χ1n) is 5.38. The van der Waals surface area contributed by atoms with E-state index in [1.165, 1.54) is 7.11 Å². The summed E-state index contributed by atoms with van der Waals surface area (Å²) in [5.74, 6) is 0.347. The predicted octanol–water partition coefficient (Wildman–Crippen LogP) is 0.983. The Morgan fingerprint density at radius 1 is 1.65 bits per heavy atom. The van der Waals surface area contributed by atoms with Crippen LogP contribution in [0.5, 0.6) is 5.88 Å². The quantitative estimate of drug-likeness (QED) is 0.715. The van der Waals surface area contributed by atoms with Crippen LogP contribution in [0.25, 0.3) is 0 Å². The molecule has 0 bridgehead atoms. The van der Waals surface area contributed by atoms with Crippen LogP contribution in [0.4, 0.5) is 10.5 Å². The second-order valence-electron chi connectivity index (χ2n) is 3.45. The second-order valence-corrected chi connectivity index (χ2v) is 3.45. The molecule has 3 N–H and O–H groups in total. The standard InChI is InChI=1S/C11H17N3O3/c1-3-8(7-15)13-11(16)14-9-5-4-6-12-10(9)17-2/h4-6,8,15H,3,7H2,1-2H3,(H2,13,14,16). The number of methoxy groups -OCH3 is 1. The Hall–Kier alpha value is -1.82. The minimum Gasteiger partial charge on any atom is -0.480 e. The number of urea groups is 1. The van der Waals surface area contributed by atoms with E-state index in [0.717, 1.165) is 0 Å². The SMILES string of the molecule is CCC(CO)NC(=O)Nc1cccnc1OC. The number of aromatic nitrogens is 1. The number of hydrogen-bond acceptors (Lipinski definition) is 4. The lowest BCUT2D eigenvalue weighted by Crippen LogP contribution is -2.39. The van der Waals surface area contributed by atoms with Crippen LogP contribution >= 0.6 is 0 Å². The average molecular weight is 239 g/mol. The molecule has 1 aromatic rings. The van der Waals surface area contributed by atoms with Crippen molar-refractivity contribution in [3.8, 4) is 5.88 Å². The number of nitrogens with zero attached hydrogens (tertiary/aromatic N) is 1. The summed E-state index contributed by atoms with van der Waals surface area (Å²) in [7, 11) is 1.48. The normalized spacial score (nSPS) is 11.7. The summed E-state index contributed by atoms with van der Waals surface area (Å²) in [6.45, 7) is 1.79. The third-order valence-electron chi connectivity index (χ3n) is 2.26. The van der Waals surface area contributed by atoms with Gasteiger partial charge in [-0.05, 0) is 18.6 Å². The van der Waals surface area contributed by atoms with Gasteiger partial charge >= 0.3 is 6.03 Å². The van der Waals surface area contributed by atoms with Crippen LogP contribution in [-0.4, -0.2) is 35.9 Å². The fourth-order valence-corrected chi connectivity index (χ4v) is 1.27. The summed E-state index contributed by atoms with van der Waals surface area (Å²) < 4.78 is 5.00. The molecule has 6 heteroatoms. The van der Waals surface area contributed by atoms with Crippen molar-refractivity contribution in [2.24, 2.45) is 0 Å². The minimum atomic E-state index is -0.391. The van der Waals surface area contributed by atoms with Crippen LogP contribution < -0.4 is 15.4 Å². The Labute approximate surface area is 100 Å². The van der Waals surface area contributed by atoms with Gasteiger partial charge in [0.05, 0.1) is 19.8 Å². The second kappa shape index (κ2) is 6.70. The molecule has 0 aliphatic rings. The molecule has 1 heterocycles.